The summed E-state index contributed by atoms with van der Waals surface area (Å²) in [4.78, 5) is 2.39. The van der Waals surface area contributed by atoms with Crippen LogP contribution in [0.15, 0.2) is 18.2 Å². The van der Waals surface area contributed by atoms with Gasteiger partial charge in [-0.25, -0.2) is 0 Å². The highest BCUT2D eigenvalue weighted by Gasteiger charge is 2.22. The summed E-state index contributed by atoms with van der Waals surface area (Å²) < 4.78 is 0. The minimum Gasteiger partial charge on any atom is -0.330 e. The van der Waals surface area contributed by atoms with Gasteiger partial charge in [0.1, 0.15) is 0 Å². The molecule has 0 fully saturated rings. The van der Waals surface area contributed by atoms with Crippen LogP contribution in [0, 0.1) is 19.3 Å². The van der Waals surface area contributed by atoms with Crippen molar-refractivity contribution in [2.45, 2.75) is 40.7 Å². The number of benzene rings is 1. The van der Waals surface area contributed by atoms with Crippen LogP contribution in [0.3, 0.4) is 0 Å². The summed E-state index contributed by atoms with van der Waals surface area (Å²) in [6.07, 6.45) is 0. The normalized spacial score (nSPS) is 14.0. The van der Waals surface area contributed by atoms with E-state index < -0.39 is 0 Å². The molecule has 2 heteroatoms. The molecule has 0 saturated carbocycles. The quantitative estimate of drug-likeness (QED) is 0.866. The van der Waals surface area contributed by atoms with Gasteiger partial charge in [0.05, 0.1) is 0 Å². The number of nitrogens with zero attached hydrogens (tertiary/aromatic N) is 1. The van der Waals surface area contributed by atoms with Crippen molar-refractivity contribution >= 4 is 0 Å². The van der Waals surface area contributed by atoms with E-state index in [2.05, 4.69) is 64.8 Å². The highest BCUT2D eigenvalue weighted by Crippen LogP contribution is 2.26. The third-order valence-corrected chi connectivity index (χ3v) is 3.77. The van der Waals surface area contributed by atoms with Crippen LogP contribution < -0.4 is 5.73 Å². The molecule has 1 atom stereocenters. The standard InChI is InChI=1S/C16H28N2/c1-12-7-8-15(13(2)9-12)14(3)18(6)11-16(4,5)10-17/h7-9,14H,10-11,17H2,1-6H3. The van der Waals surface area contributed by atoms with Gasteiger partial charge in [0.15, 0.2) is 0 Å². The van der Waals surface area contributed by atoms with Crippen molar-refractivity contribution in [1.29, 1.82) is 0 Å². The third kappa shape index (κ3) is 3.82. The summed E-state index contributed by atoms with van der Waals surface area (Å²) in [5, 5.41) is 0. The van der Waals surface area contributed by atoms with Crippen LogP contribution >= 0.6 is 0 Å². The lowest BCUT2D eigenvalue weighted by atomic mass is 9.91. The van der Waals surface area contributed by atoms with Gasteiger partial charge in [-0.2, -0.15) is 0 Å². The smallest absolute Gasteiger partial charge is 0.0319 e. The molecule has 0 radical (unpaired) electrons. The maximum atomic E-state index is 5.82. The summed E-state index contributed by atoms with van der Waals surface area (Å²) >= 11 is 0. The molecule has 0 bridgehead atoms. The van der Waals surface area contributed by atoms with Crippen molar-refractivity contribution in [3.63, 3.8) is 0 Å². The number of rotatable bonds is 5. The van der Waals surface area contributed by atoms with E-state index in [0.29, 0.717) is 6.04 Å². The van der Waals surface area contributed by atoms with Crippen LogP contribution in [0.2, 0.25) is 0 Å². The molecule has 2 nitrogen and oxygen atoms in total. The molecule has 1 rings (SSSR count). The fraction of sp³-hybridized carbons (Fsp3) is 0.625. The molecule has 1 aromatic carbocycles. The van der Waals surface area contributed by atoms with Gasteiger partial charge in [0, 0.05) is 12.6 Å². The average Bonchev–Trinajstić information content (AvgIpc) is 2.27. The van der Waals surface area contributed by atoms with E-state index in [4.69, 9.17) is 5.73 Å². The topological polar surface area (TPSA) is 29.3 Å². The van der Waals surface area contributed by atoms with Crippen LogP contribution in [-0.4, -0.2) is 25.0 Å². The maximum absolute atomic E-state index is 5.82. The van der Waals surface area contributed by atoms with E-state index in [0.717, 1.165) is 13.1 Å². The van der Waals surface area contributed by atoms with Crippen LogP contribution in [0.4, 0.5) is 0 Å². The van der Waals surface area contributed by atoms with Crippen molar-refractivity contribution in [3.8, 4) is 0 Å². The Balaban J connectivity index is 2.83. The highest BCUT2D eigenvalue weighted by molar-refractivity contribution is 5.32. The molecular weight excluding hydrogens is 220 g/mol. The fourth-order valence-corrected chi connectivity index (χ4v) is 2.41. The third-order valence-electron chi connectivity index (χ3n) is 3.77. The van der Waals surface area contributed by atoms with E-state index in [1.54, 1.807) is 0 Å². The molecule has 0 aliphatic carbocycles. The molecule has 0 amide bonds. The van der Waals surface area contributed by atoms with Crippen molar-refractivity contribution in [2.75, 3.05) is 20.1 Å². The van der Waals surface area contributed by atoms with Crippen LogP contribution in [0.5, 0.6) is 0 Å². The number of hydrogen-bond acceptors (Lipinski definition) is 2. The first kappa shape index (κ1) is 15.2. The van der Waals surface area contributed by atoms with Gasteiger partial charge < -0.3 is 5.73 Å². The first-order chi connectivity index (χ1) is 8.26. The van der Waals surface area contributed by atoms with E-state index >= 15 is 0 Å². The molecule has 102 valence electrons. The zero-order valence-corrected chi connectivity index (χ0v) is 12.7. The van der Waals surface area contributed by atoms with E-state index in [1.807, 2.05) is 0 Å². The van der Waals surface area contributed by atoms with Gasteiger partial charge in [-0.3, -0.25) is 4.90 Å². The van der Waals surface area contributed by atoms with Crippen molar-refractivity contribution in [1.82, 2.24) is 4.90 Å². The molecule has 18 heavy (non-hydrogen) atoms. The van der Waals surface area contributed by atoms with Gasteiger partial charge in [-0.1, -0.05) is 37.6 Å². The monoisotopic (exact) mass is 248 g/mol. The number of hydrogen-bond donors (Lipinski definition) is 1. The molecule has 0 spiro atoms. The van der Waals surface area contributed by atoms with Crippen molar-refractivity contribution in [3.05, 3.63) is 34.9 Å². The molecule has 0 saturated heterocycles. The Kier molecular flexibility index (Phi) is 4.94. The predicted octanol–water partition coefficient (Wildman–Crippen LogP) is 3.28. The SMILES string of the molecule is Cc1ccc(C(C)N(C)CC(C)(C)CN)c(C)c1. The Morgan fingerprint density at radius 3 is 2.39 bits per heavy atom. The molecule has 0 aliphatic rings. The Morgan fingerprint density at radius 1 is 1.28 bits per heavy atom. The fourth-order valence-electron chi connectivity index (χ4n) is 2.41. The Morgan fingerprint density at radius 2 is 1.89 bits per heavy atom. The van der Waals surface area contributed by atoms with E-state index in [9.17, 15) is 0 Å². The second-order valence-corrected chi connectivity index (χ2v) is 6.32. The highest BCUT2D eigenvalue weighted by atomic mass is 15.1. The van der Waals surface area contributed by atoms with Crippen LogP contribution in [-0.2, 0) is 0 Å². The first-order valence-electron chi connectivity index (χ1n) is 6.74. The first-order valence-corrected chi connectivity index (χ1v) is 6.74. The number of aryl methyl sites for hydroxylation is 2. The second-order valence-electron chi connectivity index (χ2n) is 6.32. The lowest BCUT2D eigenvalue weighted by molar-refractivity contribution is 0.174. The van der Waals surface area contributed by atoms with Crippen LogP contribution in [0.25, 0.3) is 0 Å². The maximum Gasteiger partial charge on any atom is 0.0319 e. The Hall–Kier alpha value is -0.860. The Labute approximate surface area is 112 Å². The summed E-state index contributed by atoms with van der Waals surface area (Å²) in [5.74, 6) is 0. The summed E-state index contributed by atoms with van der Waals surface area (Å²) in [6, 6.07) is 7.13. The van der Waals surface area contributed by atoms with Gasteiger partial charge in [0.25, 0.3) is 0 Å². The van der Waals surface area contributed by atoms with Crippen molar-refractivity contribution in [2.24, 2.45) is 11.1 Å². The van der Waals surface area contributed by atoms with E-state index in [1.165, 1.54) is 16.7 Å². The summed E-state index contributed by atoms with van der Waals surface area (Å²) in [7, 11) is 2.18. The second kappa shape index (κ2) is 5.85. The van der Waals surface area contributed by atoms with Gasteiger partial charge >= 0.3 is 0 Å². The zero-order valence-electron chi connectivity index (χ0n) is 12.7. The Bertz CT molecular complexity index is 396. The summed E-state index contributed by atoms with van der Waals surface area (Å²) in [5.41, 5.74) is 10.1. The lowest BCUT2D eigenvalue weighted by Gasteiger charge is -2.33. The molecular formula is C16H28N2. The average molecular weight is 248 g/mol. The molecule has 0 aromatic heterocycles. The van der Waals surface area contributed by atoms with Crippen molar-refractivity contribution < 1.29 is 0 Å². The van der Waals surface area contributed by atoms with Crippen LogP contribution in [0.1, 0.15) is 43.5 Å². The molecule has 1 unspecified atom stereocenters. The van der Waals surface area contributed by atoms with Gasteiger partial charge in [-0.15, -0.1) is 0 Å². The van der Waals surface area contributed by atoms with Gasteiger partial charge in [0.2, 0.25) is 0 Å². The zero-order chi connectivity index (χ0) is 13.9. The predicted molar refractivity (Wildman–Crippen MR) is 79.8 cm³/mol. The molecule has 1 aromatic rings. The molecule has 0 heterocycles. The lowest BCUT2D eigenvalue weighted by Crippen LogP contribution is -2.38. The molecule has 0 aliphatic heterocycles. The largest absolute Gasteiger partial charge is 0.330 e. The molecule has 2 N–H and O–H groups in total. The minimum atomic E-state index is 0.168. The van der Waals surface area contributed by atoms with Gasteiger partial charge in [-0.05, 0) is 50.9 Å². The summed E-state index contributed by atoms with van der Waals surface area (Å²) in [6.45, 7) is 12.8. The van der Waals surface area contributed by atoms with E-state index in [-0.39, 0.29) is 5.41 Å². The minimum absolute atomic E-state index is 0.168. The number of nitrogens with two attached hydrogens (primary N) is 1.